The standard InChI is InChI=1S/C16H24N2O3/c1-11(17)8-13-4-3-5-14(20-2)16(13)21-10-15(19)18-9-12-6-7-12/h3-5,11-12H,6-10,17H2,1-2H3,(H,18,19). The molecule has 1 aliphatic rings. The third-order valence-corrected chi connectivity index (χ3v) is 3.45. The number of rotatable bonds is 8. The van der Waals surface area contributed by atoms with E-state index < -0.39 is 0 Å². The van der Waals surface area contributed by atoms with E-state index >= 15 is 0 Å². The van der Waals surface area contributed by atoms with Crippen molar-refractivity contribution in [2.45, 2.75) is 32.2 Å². The van der Waals surface area contributed by atoms with Crippen molar-refractivity contribution in [2.24, 2.45) is 11.7 Å². The Labute approximate surface area is 125 Å². The van der Waals surface area contributed by atoms with Crippen LogP contribution in [-0.4, -0.2) is 32.2 Å². The molecule has 0 aliphatic heterocycles. The summed E-state index contributed by atoms with van der Waals surface area (Å²) < 4.78 is 11.0. The number of methoxy groups -OCH3 is 1. The lowest BCUT2D eigenvalue weighted by atomic mass is 10.1. The molecule has 1 amide bonds. The first kappa shape index (κ1) is 15.6. The van der Waals surface area contributed by atoms with Crippen LogP contribution in [0.2, 0.25) is 0 Å². The molecule has 0 bridgehead atoms. The molecule has 21 heavy (non-hydrogen) atoms. The van der Waals surface area contributed by atoms with E-state index in [-0.39, 0.29) is 18.6 Å². The van der Waals surface area contributed by atoms with Crippen LogP contribution in [0.15, 0.2) is 18.2 Å². The van der Waals surface area contributed by atoms with Crippen molar-refractivity contribution >= 4 is 5.91 Å². The summed E-state index contributed by atoms with van der Waals surface area (Å²) in [6.07, 6.45) is 3.11. The normalized spacial score (nSPS) is 15.4. The molecule has 1 aromatic carbocycles. The van der Waals surface area contributed by atoms with Crippen molar-refractivity contribution in [1.29, 1.82) is 0 Å². The lowest BCUT2D eigenvalue weighted by Gasteiger charge is -2.16. The summed E-state index contributed by atoms with van der Waals surface area (Å²) in [5.41, 5.74) is 6.81. The van der Waals surface area contributed by atoms with Crippen molar-refractivity contribution in [3.63, 3.8) is 0 Å². The smallest absolute Gasteiger partial charge is 0.257 e. The molecule has 1 atom stereocenters. The summed E-state index contributed by atoms with van der Waals surface area (Å²) >= 11 is 0. The van der Waals surface area contributed by atoms with Gasteiger partial charge >= 0.3 is 0 Å². The van der Waals surface area contributed by atoms with E-state index in [2.05, 4.69) is 5.32 Å². The molecule has 0 aromatic heterocycles. The minimum atomic E-state index is -0.0976. The van der Waals surface area contributed by atoms with Gasteiger partial charge < -0.3 is 20.5 Å². The second-order valence-electron chi connectivity index (χ2n) is 5.67. The molecule has 1 unspecified atom stereocenters. The highest BCUT2D eigenvalue weighted by Crippen LogP contribution is 2.32. The Morgan fingerprint density at radius 3 is 2.86 bits per heavy atom. The van der Waals surface area contributed by atoms with Gasteiger partial charge in [-0.3, -0.25) is 4.79 Å². The maximum atomic E-state index is 11.8. The van der Waals surface area contributed by atoms with E-state index in [1.54, 1.807) is 7.11 Å². The van der Waals surface area contributed by atoms with E-state index in [0.29, 0.717) is 23.8 Å². The van der Waals surface area contributed by atoms with Crippen molar-refractivity contribution in [3.8, 4) is 11.5 Å². The molecule has 0 spiro atoms. The monoisotopic (exact) mass is 292 g/mol. The summed E-state index contributed by atoms with van der Waals surface area (Å²) in [4.78, 5) is 11.8. The fourth-order valence-corrected chi connectivity index (χ4v) is 2.16. The zero-order valence-corrected chi connectivity index (χ0v) is 12.7. The number of nitrogens with two attached hydrogens (primary N) is 1. The lowest BCUT2D eigenvalue weighted by molar-refractivity contribution is -0.123. The van der Waals surface area contributed by atoms with Gasteiger partial charge in [0, 0.05) is 12.6 Å². The summed E-state index contributed by atoms with van der Waals surface area (Å²) in [6.45, 7) is 2.69. The van der Waals surface area contributed by atoms with E-state index in [9.17, 15) is 4.79 Å². The Hall–Kier alpha value is -1.75. The third kappa shape index (κ3) is 4.93. The van der Waals surface area contributed by atoms with Gasteiger partial charge in [-0.15, -0.1) is 0 Å². The third-order valence-electron chi connectivity index (χ3n) is 3.45. The zero-order valence-electron chi connectivity index (χ0n) is 12.7. The van der Waals surface area contributed by atoms with Crippen LogP contribution in [0.4, 0.5) is 0 Å². The maximum absolute atomic E-state index is 11.8. The number of hydrogen-bond acceptors (Lipinski definition) is 4. The number of hydrogen-bond donors (Lipinski definition) is 2. The second kappa shape index (κ2) is 7.31. The fraction of sp³-hybridized carbons (Fsp3) is 0.562. The molecule has 3 N–H and O–H groups in total. The number of carbonyl (C=O) groups excluding carboxylic acids is 1. The summed E-state index contributed by atoms with van der Waals surface area (Å²) in [7, 11) is 1.59. The molecule has 1 aromatic rings. The van der Waals surface area contributed by atoms with Crippen molar-refractivity contribution < 1.29 is 14.3 Å². The minimum absolute atomic E-state index is 0.000947. The summed E-state index contributed by atoms with van der Waals surface area (Å²) in [5, 5.41) is 2.88. The number of benzene rings is 1. The van der Waals surface area contributed by atoms with E-state index in [1.807, 2.05) is 25.1 Å². The highest BCUT2D eigenvalue weighted by Gasteiger charge is 2.22. The van der Waals surface area contributed by atoms with Crippen molar-refractivity contribution in [2.75, 3.05) is 20.3 Å². The Morgan fingerprint density at radius 2 is 2.24 bits per heavy atom. The molecule has 2 rings (SSSR count). The molecule has 0 heterocycles. The number of ether oxygens (including phenoxy) is 2. The van der Waals surface area contributed by atoms with E-state index in [4.69, 9.17) is 15.2 Å². The SMILES string of the molecule is COc1cccc(CC(C)N)c1OCC(=O)NCC1CC1. The van der Waals surface area contributed by atoms with Gasteiger partial charge in [0.1, 0.15) is 0 Å². The second-order valence-corrected chi connectivity index (χ2v) is 5.67. The molecule has 1 saturated carbocycles. The Balaban J connectivity index is 1.96. The van der Waals surface area contributed by atoms with Gasteiger partial charge in [-0.25, -0.2) is 0 Å². The first-order valence-corrected chi connectivity index (χ1v) is 7.41. The van der Waals surface area contributed by atoms with Crippen LogP contribution in [0, 0.1) is 5.92 Å². The van der Waals surface area contributed by atoms with Crippen LogP contribution in [0.1, 0.15) is 25.3 Å². The highest BCUT2D eigenvalue weighted by molar-refractivity contribution is 5.77. The van der Waals surface area contributed by atoms with Gasteiger partial charge in [0.25, 0.3) is 5.91 Å². The van der Waals surface area contributed by atoms with Gasteiger partial charge in [0.15, 0.2) is 18.1 Å². The van der Waals surface area contributed by atoms with Gasteiger partial charge in [0.2, 0.25) is 0 Å². The molecule has 1 fully saturated rings. The highest BCUT2D eigenvalue weighted by atomic mass is 16.5. The van der Waals surface area contributed by atoms with Crippen molar-refractivity contribution in [1.82, 2.24) is 5.32 Å². The predicted molar refractivity (Wildman–Crippen MR) is 81.6 cm³/mol. The van der Waals surface area contributed by atoms with Gasteiger partial charge in [-0.05, 0) is 43.7 Å². The van der Waals surface area contributed by atoms with Crippen LogP contribution < -0.4 is 20.5 Å². The van der Waals surface area contributed by atoms with Gasteiger partial charge in [-0.2, -0.15) is 0 Å². The van der Waals surface area contributed by atoms with Crippen LogP contribution in [0.3, 0.4) is 0 Å². The molecule has 5 heteroatoms. The number of carbonyl (C=O) groups is 1. The summed E-state index contributed by atoms with van der Waals surface area (Å²) in [5.74, 6) is 1.80. The van der Waals surface area contributed by atoms with Crippen LogP contribution >= 0.6 is 0 Å². The molecule has 1 aliphatic carbocycles. The van der Waals surface area contributed by atoms with Gasteiger partial charge in [-0.1, -0.05) is 12.1 Å². The first-order chi connectivity index (χ1) is 10.1. The van der Waals surface area contributed by atoms with Crippen LogP contribution in [-0.2, 0) is 11.2 Å². The zero-order chi connectivity index (χ0) is 15.2. The lowest BCUT2D eigenvalue weighted by Crippen LogP contribution is -2.30. The number of nitrogens with one attached hydrogen (secondary N) is 1. The molecule has 0 radical (unpaired) electrons. The van der Waals surface area contributed by atoms with Gasteiger partial charge in [0.05, 0.1) is 7.11 Å². The first-order valence-electron chi connectivity index (χ1n) is 7.41. The summed E-state index contributed by atoms with van der Waals surface area (Å²) in [6, 6.07) is 5.69. The fourth-order valence-electron chi connectivity index (χ4n) is 2.16. The largest absolute Gasteiger partial charge is 0.493 e. The van der Waals surface area contributed by atoms with E-state index in [1.165, 1.54) is 12.8 Å². The van der Waals surface area contributed by atoms with Crippen molar-refractivity contribution in [3.05, 3.63) is 23.8 Å². The molecular formula is C16H24N2O3. The molecule has 5 nitrogen and oxygen atoms in total. The Bertz CT molecular complexity index is 484. The number of amides is 1. The van der Waals surface area contributed by atoms with E-state index in [0.717, 1.165) is 12.1 Å². The molecule has 116 valence electrons. The topological polar surface area (TPSA) is 73.6 Å². The Kier molecular flexibility index (Phi) is 5.44. The minimum Gasteiger partial charge on any atom is -0.493 e. The van der Waals surface area contributed by atoms with Crippen LogP contribution in [0.25, 0.3) is 0 Å². The quantitative estimate of drug-likeness (QED) is 0.761. The predicted octanol–water partition coefficient (Wildman–Crippen LogP) is 1.49. The average molecular weight is 292 g/mol. The maximum Gasteiger partial charge on any atom is 0.257 e. The molecule has 0 saturated heterocycles. The molecular weight excluding hydrogens is 268 g/mol. The number of para-hydroxylation sites is 1. The van der Waals surface area contributed by atoms with Crippen LogP contribution in [0.5, 0.6) is 11.5 Å². The average Bonchev–Trinajstić information content (AvgIpc) is 3.27. The Morgan fingerprint density at radius 1 is 1.48 bits per heavy atom.